The third-order valence-electron chi connectivity index (χ3n) is 15.0. The molecule has 0 aromatic rings. The number of fused-ring (bicyclic) bond motifs is 5. The first-order valence-electron chi connectivity index (χ1n) is 20.6. The Morgan fingerprint density at radius 3 is 2.11 bits per heavy atom. The molecule has 19 nitrogen and oxygen atoms in total. The summed E-state index contributed by atoms with van der Waals surface area (Å²) in [7, 11) is 0. The number of nitrogens with one attached hydrogen (secondary N) is 1. The van der Waals surface area contributed by atoms with Gasteiger partial charge in [-0.15, -0.1) is 6.04 Å². The number of carbonyl (C=O) groups excluding carboxylic acids is 3. The molecular formula is C41H51N6NiO13+. The molecule has 8 N–H and O–H groups in total. The van der Waals surface area contributed by atoms with Crippen LogP contribution in [0.2, 0.25) is 0 Å². The van der Waals surface area contributed by atoms with E-state index in [2.05, 4.69) is 5.32 Å². The Kier molecular flexibility index (Phi) is 12.5. The molecule has 7 rings (SSSR count). The van der Waals surface area contributed by atoms with Crippen molar-refractivity contribution in [2.24, 2.45) is 73.0 Å². The van der Waals surface area contributed by atoms with Crippen molar-refractivity contribution in [2.75, 3.05) is 0 Å². The van der Waals surface area contributed by atoms with Crippen LogP contribution in [0.4, 0.5) is 0 Å². The molecule has 2 amide bonds. The van der Waals surface area contributed by atoms with Crippen LogP contribution in [0.3, 0.4) is 0 Å². The second kappa shape index (κ2) is 16.7. The van der Waals surface area contributed by atoms with Gasteiger partial charge in [-0.25, -0.2) is 0 Å². The minimum Gasteiger partial charge on any atom is -0.684 e. The van der Waals surface area contributed by atoms with Crippen molar-refractivity contribution in [1.29, 1.82) is 0 Å². The molecule has 5 unspecified atom stereocenters. The number of rotatable bonds is 14. The second-order valence-corrected chi connectivity index (χ2v) is 18.1. The smallest absolute Gasteiger partial charge is 0.684 e. The quantitative estimate of drug-likeness (QED) is 0.123. The molecule has 1 saturated carbocycles. The van der Waals surface area contributed by atoms with Crippen molar-refractivity contribution < 1.29 is 80.4 Å². The zero-order valence-electron chi connectivity index (χ0n) is 33.7. The Labute approximate surface area is 360 Å². The maximum atomic E-state index is 14.2. The van der Waals surface area contributed by atoms with E-state index in [0.29, 0.717) is 11.4 Å². The van der Waals surface area contributed by atoms with Gasteiger partial charge in [-0.05, 0) is 44.4 Å². The van der Waals surface area contributed by atoms with Gasteiger partial charge in [-0.2, -0.15) is 5.70 Å². The maximum absolute atomic E-state index is 14.2. The number of Topliss-reactive ketones (excluding diaryl/α,β-unsaturated/α-hetero) is 1. The van der Waals surface area contributed by atoms with Crippen LogP contribution in [0.1, 0.15) is 97.3 Å². The zero-order chi connectivity index (χ0) is 43.6. The molecule has 8 bridgehead atoms. The molecule has 2 saturated heterocycles. The van der Waals surface area contributed by atoms with Crippen molar-refractivity contribution in [2.45, 2.75) is 121 Å². The monoisotopic (exact) mass is 893 g/mol. The van der Waals surface area contributed by atoms with Crippen molar-refractivity contribution in [3.05, 3.63) is 17.1 Å². The average Bonchev–Trinajstić information content (AvgIpc) is 3.84. The SMILES string of the molecule is C[C@@]1(C(N)=O)C2=NC(C[C@@]34N=C(/C=C5\[N-]C(C6C(=O)CC[C@@H]7C6=NC(C2)C7CC(=O)O)[C@@H](CCC(=O)O)[C@@H]5CC(=O)O)[C@@H](CCC(=O)O)[C@]3(C)CC(=O)N4)[C@H]1CCC(=O)O.[Ni+2]. The van der Waals surface area contributed by atoms with Gasteiger partial charge < -0.3 is 41.9 Å². The summed E-state index contributed by atoms with van der Waals surface area (Å²) in [5.41, 5.74) is 3.24. The van der Waals surface area contributed by atoms with Gasteiger partial charge in [0.25, 0.3) is 0 Å². The number of carboxylic acids is 5. The number of carboxylic acid groups (broad SMARTS) is 5. The van der Waals surface area contributed by atoms with Gasteiger partial charge in [-0.1, -0.05) is 13.0 Å². The molecule has 0 aromatic heterocycles. The molecule has 0 radical (unpaired) electrons. The van der Waals surface area contributed by atoms with Crippen molar-refractivity contribution in [3.8, 4) is 0 Å². The molecule has 332 valence electrons. The van der Waals surface area contributed by atoms with E-state index >= 15 is 0 Å². The maximum Gasteiger partial charge on any atom is 2.00 e. The average molecular weight is 895 g/mol. The summed E-state index contributed by atoms with van der Waals surface area (Å²) in [5, 5.41) is 58.1. The van der Waals surface area contributed by atoms with Crippen LogP contribution in [-0.4, -0.2) is 114 Å². The molecule has 20 heteroatoms. The largest absolute Gasteiger partial charge is 2.00 e. The minimum absolute atomic E-state index is 0. The van der Waals surface area contributed by atoms with Crippen LogP contribution in [0.5, 0.6) is 0 Å². The molecule has 7 aliphatic rings. The van der Waals surface area contributed by atoms with Crippen LogP contribution in [0, 0.1) is 52.3 Å². The predicted molar refractivity (Wildman–Crippen MR) is 209 cm³/mol. The Hall–Kier alpha value is -5.00. The fraction of sp³-hybridized carbons (Fsp3) is 0.683. The number of primary amides is 1. The normalized spacial score (nSPS) is 39.0. The summed E-state index contributed by atoms with van der Waals surface area (Å²) in [6.45, 7) is 3.38. The van der Waals surface area contributed by atoms with Gasteiger partial charge in [0, 0.05) is 97.1 Å². The molecule has 0 aromatic carbocycles. The molecule has 61 heavy (non-hydrogen) atoms. The summed E-state index contributed by atoms with van der Waals surface area (Å²) in [6, 6.07) is -2.69. The molecule has 1 aliphatic carbocycles. The number of nitrogens with zero attached hydrogens (tertiary/aromatic N) is 4. The Balaban J connectivity index is 0.00000622. The summed E-state index contributed by atoms with van der Waals surface area (Å²) in [5.74, 6) is -12.7. The number of hydrogen-bond acceptors (Lipinski definition) is 11. The van der Waals surface area contributed by atoms with Gasteiger partial charge >= 0.3 is 46.3 Å². The van der Waals surface area contributed by atoms with Gasteiger partial charge in [0.1, 0.15) is 11.4 Å². The standard InChI is InChI=1S/C41H52N6O13.Ni/c1-39-16-29(49)47-41(39)15-26-22(6-10-32(54)55)40(2,38(42)60)28(43-26)14-24-20(12-34(58)59)17-3-7-27(48)35(36(17)45-24)37-18(4-8-30(50)51)19(11-33(56)57)23(44-37)13-25(46-41)21(39)5-9-31(52)53;/h13,17-22,24,26,35,37H,3-12,14-16H2,1-2H3,(H9,42,44,46,47,49,50,51,52,53,54,55,56,57,58,59,60);/q;+2/p-1/t17-,18-,19-,20?,21+,22+,24?,26?,35?,37?,39-,40-,41-;/m0./s1. The molecule has 6 heterocycles. The van der Waals surface area contributed by atoms with Crippen LogP contribution in [-0.2, 0) is 54.8 Å². The van der Waals surface area contributed by atoms with Crippen molar-refractivity contribution in [1.82, 2.24) is 5.32 Å². The van der Waals surface area contributed by atoms with E-state index in [-0.39, 0.29) is 117 Å². The molecule has 3 fully saturated rings. The van der Waals surface area contributed by atoms with E-state index in [9.17, 15) is 63.9 Å². The van der Waals surface area contributed by atoms with E-state index in [1.54, 1.807) is 19.9 Å². The number of amides is 2. The zero-order valence-corrected chi connectivity index (χ0v) is 34.7. The minimum atomic E-state index is -1.56. The third-order valence-corrected chi connectivity index (χ3v) is 15.0. The summed E-state index contributed by atoms with van der Waals surface area (Å²) >= 11 is 0. The van der Waals surface area contributed by atoms with Gasteiger partial charge in [0.2, 0.25) is 11.8 Å². The second-order valence-electron chi connectivity index (χ2n) is 18.1. The number of aliphatic imine (C=N–C) groups is 3. The fourth-order valence-corrected chi connectivity index (χ4v) is 12.1. The number of carbonyl (C=O) groups is 8. The van der Waals surface area contributed by atoms with Gasteiger partial charge in [0.15, 0.2) is 0 Å². The third kappa shape index (κ3) is 7.88. The van der Waals surface area contributed by atoms with Crippen molar-refractivity contribution in [3.63, 3.8) is 0 Å². The number of ketones is 1. The number of hydrogen-bond donors (Lipinski definition) is 7. The Morgan fingerprint density at radius 1 is 0.852 bits per heavy atom. The summed E-state index contributed by atoms with van der Waals surface area (Å²) in [6.07, 6.45) is -0.328. The first kappa shape index (κ1) is 45.5. The molecule has 1 spiro atoms. The van der Waals surface area contributed by atoms with Crippen LogP contribution in [0.15, 0.2) is 26.8 Å². The number of aliphatic carboxylic acids is 5. The molecule has 6 aliphatic heterocycles. The van der Waals surface area contributed by atoms with E-state index in [4.69, 9.17) is 26.0 Å². The molecular weight excluding hydrogens is 843 g/mol. The van der Waals surface area contributed by atoms with E-state index < -0.39 is 118 Å². The van der Waals surface area contributed by atoms with Crippen molar-refractivity contribution >= 4 is 64.6 Å². The van der Waals surface area contributed by atoms with E-state index in [1.165, 1.54) is 0 Å². The Morgan fingerprint density at radius 2 is 1.49 bits per heavy atom. The topological polar surface area (TPSA) is 327 Å². The van der Waals surface area contributed by atoms with Gasteiger partial charge in [-0.3, -0.25) is 53.3 Å². The first-order valence-corrected chi connectivity index (χ1v) is 20.6. The number of allylic oxidation sites excluding steroid dienone is 2. The van der Waals surface area contributed by atoms with E-state index in [1.807, 2.05) is 0 Å². The summed E-state index contributed by atoms with van der Waals surface area (Å²) in [4.78, 5) is 118. The molecule has 13 atom stereocenters. The van der Waals surface area contributed by atoms with E-state index in [0.717, 1.165) is 0 Å². The fourth-order valence-electron chi connectivity index (χ4n) is 12.1. The first-order chi connectivity index (χ1) is 28.2. The van der Waals surface area contributed by atoms with Crippen LogP contribution in [0.25, 0.3) is 5.32 Å². The number of nitrogens with two attached hydrogens (primary N) is 1. The van der Waals surface area contributed by atoms with Crippen LogP contribution < -0.4 is 11.1 Å². The van der Waals surface area contributed by atoms with Gasteiger partial charge in [0.05, 0.1) is 30.3 Å². The Bertz CT molecular complexity index is 2070. The van der Waals surface area contributed by atoms with Crippen LogP contribution >= 0.6 is 0 Å². The predicted octanol–water partition coefficient (Wildman–Crippen LogP) is 2.45. The summed E-state index contributed by atoms with van der Waals surface area (Å²) < 4.78 is 0.